The molecule has 0 saturated carbocycles. The van der Waals surface area contributed by atoms with Gasteiger partial charge in [-0.05, 0) is 42.7 Å². The number of ether oxygens (including phenoxy) is 1. The van der Waals surface area contributed by atoms with Crippen LogP contribution in [0.3, 0.4) is 0 Å². The molecule has 3 nitrogen and oxygen atoms in total. The topological polar surface area (TPSA) is 34.1 Å². The lowest BCUT2D eigenvalue weighted by Crippen LogP contribution is -1.90. The number of anilines is 2. The lowest BCUT2D eigenvalue weighted by Gasteiger charge is -2.05. The summed E-state index contributed by atoms with van der Waals surface area (Å²) in [6.07, 6.45) is 2.06. The molecular weight excluding hydrogens is 348 g/mol. The van der Waals surface area contributed by atoms with E-state index < -0.39 is 0 Å². The minimum absolute atomic E-state index is 0.584. The van der Waals surface area contributed by atoms with Gasteiger partial charge in [-0.3, -0.25) is 0 Å². The second-order valence-corrected chi connectivity index (χ2v) is 6.89. The second kappa shape index (κ2) is 7.25. The van der Waals surface area contributed by atoms with Gasteiger partial charge < -0.3 is 10.1 Å². The zero-order valence-corrected chi connectivity index (χ0v) is 15.1. The molecule has 2 aromatic carbocycles. The van der Waals surface area contributed by atoms with Crippen LogP contribution in [0, 0.1) is 0 Å². The van der Waals surface area contributed by atoms with Gasteiger partial charge in [-0.15, -0.1) is 23.1 Å². The highest BCUT2D eigenvalue weighted by Crippen LogP contribution is 2.32. The minimum Gasteiger partial charge on any atom is -0.495 e. The molecule has 0 aliphatic carbocycles. The van der Waals surface area contributed by atoms with Gasteiger partial charge in [0.1, 0.15) is 5.75 Å². The van der Waals surface area contributed by atoms with Crippen LogP contribution in [0.15, 0.2) is 52.7 Å². The summed E-state index contributed by atoms with van der Waals surface area (Å²) >= 11 is 9.46. The Labute approximate surface area is 148 Å². The largest absolute Gasteiger partial charge is 0.495 e. The molecule has 0 unspecified atom stereocenters. The van der Waals surface area contributed by atoms with Crippen molar-refractivity contribution >= 4 is 45.5 Å². The molecule has 6 heteroatoms. The molecular formula is C17H15ClN2OS2. The Kier molecular flexibility index (Phi) is 5.10. The summed E-state index contributed by atoms with van der Waals surface area (Å²) in [5.74, 6) is 0.665. The van der Waals surface area contributed by atoms with Crippen LogP contribution in [0.4, 0.5) is 10.8 Å². The second-order valence-electron chi connectivity index (χ2n) is 4.74. The zero-order chi connectivity index (χ0) is 16.2. The van der Waals surface area contributed by atoms with Gasteiger partial charge in [0.15, 0.2) is 5.13 Å². The summed E-state index contributed by atoms with van der Waals surface area (Å²) < 4.78 is 5.18. The van der Waals surface area contributed by atoms with Crippen LogP contribution < -0.4 is 10.1 Å². The lowest BCUT2D eigenvalue weighted by molar-refractivity contribution is 0.415. The molecule has 0 saturated heterocycles. The van der Waals surface area contributed by atoms with Crippen LogP contribution in [-0.4, -0.2) is 18.3 Å². The van der Waals surface area contributed by atoms with E-state index in [1.807, 2.05) is 35.7 Å². The first-order valence-electron chi connectivity index (χ1n) is 6.90. The number of halogens is 1. The normalized spacial score (nSPS) is 10.6. The van der Waals surface area contributed by atoms with E-state index in [1.54, 1.807) is 30.2 Å². The number of hydrogen-bond donors (Lipinski definition) is 1. The van der Waals surface area contributed by atoms with Crippen LogP contribution in [0.5, 0.6) is 5.75 Å². The van der Waals surface area contributed by atoms with Crippen LogP contribution in [0.1, 0.15) is 0 Å². The van der Waals surface area contributed by atoms with Gasteiger partial charge in [-0.1, -0.05) is 17.7 Å². The van der Waals surface area contributed by atoms with E-state index in [-0.39, 0.29) is 0 Å². The Morgan fingerprint density at radius 1 is 1.22 bits per heavy atom. The fourth-order valence-electron chi connectivity index (χ4n) is 2.11. The van der Waals surface area contributed by atoms with Crippen molar-refractivity contribution in [3.8, 4) is 17.0 Å². The third-order valence-corrected chi connectivity index (χ3v) is 5.05. The van der Waals surface area contributed by atoms with E-state index in [9.17, 15) is 0 Å². The highest BCUT2D eigenvalue weighted by Gasteiger charge is 2.08. The Morgan fingerprint density at radius 3 is 2.83 bits per heavy atom. The zero-order valence-electron chi connectivity index (χ0n) is 12.7. The first-order chi connectivity index (χ1) is 11.2. The summed E-state index contributed by atoms with van der Waals surface area (Å²) in [6.45, 7) is 0. The molecule has 23 heavy (non-hydrogen) atoms. The number of aromatic nitrogens is 1. The molecule has 3 rings (SSSR count). The molecule has 0 bridgehead atoms. The van der Waals surface area contributed by atoms with E-state index in [1.165, 1.54) is 4.90 Å². The van der Waals surface area contributed by atoms with E-state index >= 15 is 0 Å². The number of benzene rings is 2. The summed E-state index contributed by atoms with van der Waals surface area (Å²) in [5, 5.41) is 6.79. The molecule has 118 valence electrons. The fourth-order valence-corrected chi connectivity index (χ4v) is 3.57. The molecule has 1 heterocycles. The number of thioether (sulfide) groups is 1. The van der Waals surface area contributed by atoms with Gasteiger partial charge in [0, 0.05) is 21.5 Å². The maximum Gasteiger partial charge on any atom is 0.187 e. The average Bonchev–Trinajstić information content (AvgIpc) is 3.03. The maximum absolute atomic E-state index is 6.18. The standard InChI is InChI=1S/C17H15ClN2OS2/c1-21-16-7-6-11(8-14(16)18)15-10-23-17(20-15)19-12-4-3-5-13(9-12)22-2/h3-10H,1-2H3,(H,19,20). The molecule has 1 aromatic heterocycles. The lowest BCUT2D eigenvalue weighted by atomic mass is 10.2. The van der Waals surface area contributed by atoms with Crippen molar-refractivity contribution in [1.82, 2.24) is 4.98 Å². The van der Waals surface area contributed by atoms with Gasteiger partial charge in [0.25, 0.3) is 0 Å². The van der Waals surface area contributed by atoms with Crippen LogP contribution in [-0.2, 0) is 0 Å². The van der Waals surface area contributed by atoms with Gasteiger partial charge >= 0.3 is 0 Å². The van der Waals surface area contributed by atoms with E-state index in [0.29, 0.717) is 10.8 Å². The molecule has 0 aliphatic heterocycles. The molecule has 0 aliphatic rings. The Bertz CT molecular complexity index is 820. The molecule has 0 amide bonds. The third-order valence-electron chi connectivity index (χ3n) is 3.27. The number of hydrogen-bond acceptors (Lipinski definition) is 5. The van der Waals surface area contributed by atoms with Crippen LogP contribution in [0.25, 0.3) is 11.3 Å². The van der Waals surface area contributed by atoms with Crippen molar-refractivity contribution in [3.05, 3.63) is 52.9 Å². The number of nitrogens with zero attached hydrogens (tertiary/aromatic N) is 1. The SMILES string of the molecule is COc1ccc(-c2csc(Nc3cccc(SC)c3)n2)cc1Cl. The quantitative estimate of drug-likeness (QED) is 0.570. The monoisotopic (exact) mass is 362 g/mol. The van der Waals surface area contributed by atoms with Crippen LogP contribution >= 0.6 is 34.7 Å². The fraction of sp³-hybridized carbons (Fsp3) is 0.118. The predicted molar refractivity (Wildman–Crippen MR) is 101 cm³/mol. The number of rotatable bonds is 5. The number of nitrogens with one attached hydrogen (secondary N) is 1. The maximum atomic E-state index is 6.18. The van der Waals surface area contributed by atoms with Crippen molar-refractivity contribution in [3.63, 3.8) is 0 Å². The van der Waals surface area contributed by atoms with E-state index in [0.717, 1.165) is 22.1 Å². The highest BCUT2D eigenvalue weighted by atomic mass is 35.5. The summed E-state index contributed by atoms with van der Waals surface area (Å²) in [5.41, 5.74) is 2.89. The average molecular weight is 363 g/mol. The first-order valence-corrected chi connectivity index (χ1v) is 9.38. The van der Waals surface area contributed by atoms with Crippen molar-refractivity contribution in [2.45, 2.75) is 4.90 Å². The summed E-state index contributed by atoms with van der Waals surface area (Å²) in [7, 11) is 1.61. The third kappa shape index (κ3) is 3.80. The molecule has 1 N–H and O–H groups in total. The summed E-state index contributed by atoms with van der Waals surface area (Å²) in [4.78, 5) is 5.85. The van der Waals surface area contributed by atoms with Crippen molar-refractivity contribution in [2.75, 3.05) is 18.7 Å². The number of thiazole rings is 1. The first kappa shape index (κ1) is 16.2. The minimum atomic E-state index is 0.584. The van der Waals surface area contributed by atoms with Crippen LogP contribution in [0.2, 0.25) is 5.02 Å². The highest BCUT2D eigenvalue weighted by molar-refractivity contribution is 7.98. The molecule has 0 radical (unpaired) electrons. The molecule has 3 aromatic rings. The van der Waals surface area contributed by atoms with Crippen molar-refractivity contribution < 1.29 is 4.74 Å². The predicted octanol–water partition coefficient (Wildman–Crippen LogP) is 5.94. The van der Waals surface area contributed by atoms with E-state index in [2.05, 4.69) is 28.7 Å². The van der Waals surface area contributed by atoms with Crippen molar-refractivity contribution in [1.29, 1.82) is 0 Å². The van der Waals surface area contributed by atoms with Gasteiger partial charge in [0.2, 0.25) is 0 Å². The molecule has 0 atom stereocenters. The Morgan fingerprint density at radius 2 is 2.09 bits per heavy atom. The smallest absolute Gasteiger partial charge is 0.187 e. The van der Waals surface area contributed by atoms with Gasteiger partial charge in [0.05, 0.1) is 17.8 Å². The van der Waals surface area contributed by atoms with Gasteiger partial charge in [-0.25, -0.2) is 4.98 Å². The Hall–Kier alpha value is -1.69. The van der Waals surface area contributed by atoms with Gasteiger partial charge in [-0.2, -0.15) is 0 Å². The molecule has 0 spiro atoms. The summed E-state index contributed by atoms with van der Waals surface area (Å²) in [6, 6.07) is 13.9. The molecule has 0 fully saturated rings. The number of methoxy groups -OCH3 is 1. The Balaban J connectivity index is 1.81. The van der Waals surface area contributed by atoms with Crippen molar-refractivity contribution in [2.24, 2.45) is 0 Å². The van der Waals surface area contributed by atoms with E-state index in [4.69, 9.17) is 16.3 Å².